The van der Waals surface area contributed by atoms with E-state index in [0.717, 1.165) is 112 Å². The van der Waals surface area contributed by atoms with Crippen LogP contribution in [-0.4, -0.2) is 117 Å². The van der Waals surface area contributed by atoms with Gasteiger partial charge in [-0.1, -0.05) is 12.8 Å². The van der Waals surface area contributed by atoms with Gasteiger partial charge in [-0.25, -0.2) is 9.97 Å². The van der Waals surface area contributed by atoms with E-state index in [1.165, 1.54) is 0 Å². The summed E-state index contributed by atoms with van der Waals surface area (Å²) in [6.07, 6.45) is 13.2. The van der Waals surface area contributed by atoms with Crippen molar-refractivity contribution in [2.75, 3.05) is 62.4 Å². The van der Waals surface area contributed by atoms with E-state index in [1.807, 2.05) is 30.5 Å². The van der Waals surface area contributed by atoms with Crippen LogP contribution in [0, 0.1) is 5.92 Å². The lowest BCUT2D eigenvalue weighted by atomic mass is 9.94. The minimum absolute atomic E-state index is 0.0208. The lowest BCUT2D eigenvalue weighted by Gasteiger charge is -2.38. The number of rotatable bonds is 10. The molecular weight excluding hydrogens is 735 g/mol. The van der Waals surface area contributed by atoms with E-state index in [0.29, 0.717) is 47.9 Å². The second-order valence-corrected chi connectivity index (χ2v) is 17.0. The summed E-state index contributed by atoms with van der Waals surface area (Å²) in [6, 6.07) is 12.0. The van der Waals surface area contributed by atoms with Gasteiger partial charge in [-0.3, -0.25) is 24.5 Å². The van der Waals surface area contributed by atoms with Gasteiger partial charge in [0.05, 0.1) is 11.9 Å². The largest absolute Gasteiger partial charge is 0.382 e. The number of piperidine rings is 3. The summed E-state index contributed by atoms with van der Waals surface area (Å²) in [7, 11) is 3.57. The van der Waals surface area contributed by atoms with Crippen LogP contribution in [0.5, 0.6) is 0 Å². The fourth-order valence-corrected chi connectivity index (χ4v) is 9.65. The molecule has 5 aliphatic rings. The number of nitrogens with zero attached hydrogens (tertiary/aromatic N) is 8. The van der Waals surface area contributed by atoms with E-state index in [4.69, 9.17) is 9.97 Å². The van der Waals surface area contributed by atoms with E-state index in [-0.39, 0.29) is 36.1 Å². The van der Waals surface area contributed by atoms with Gasteiger partial charge in [-0.15, -0.1) is 0 Å². The van der Waals surface area contributed by atoms with Crippen LogP contribution in [0.4, 0.5) is 23.1 Å². The van der Waals surface area contributed by atoms with E-state index < -0.39 is 6.04 Å². The van der Waals surface area contributed by atoms with Crippen molar-refractivity contribution < 1.29 is 19.2 Å². The van der Waals surface area contributed by atoms with Crippen LogP contribution in [-0.2, 0) is 16.1 Å². The summed E-state index contributed by atoms with van der Waals surface area (Å²) in [5.41, 5.74) is 5.14. The molecule has 1 atom stereocenters. The Labute approximate surface area is 338 Å². The molecule has 1 aliphatic carbocycles. The number of aromatic nitrogens is 4. The van der Waals surface area contributed by atoms with Crippen LogP contribution in [0.15, 0.2) is 48.8 Å². The Morgan fingerprint density at radius 2 is 1.69 bits per heavy atom. The third-order valence-electron chi connectivity index (χ3n) is 12.9. The number of likely N-dealkylation sites (tertiary alicyclic amines) is 1. The molecule has 15 heteroatoms. The van der Waals surface area contributed by atoms with Gasteiger partial charge >= 0.3 is 0 Å². The third kappa shape index (κ3) is 7.71. The smallest absolute Gasteiger partial charge is 0.270 e. The number of hydrogen-bond donors (Lipinski definition) is 3. The molecule has 3 N–H and O–H groups in total. The van der Waals surface area contributed by atoms with Gasteiger partial charge in [-0.2, -0.15) is 4.98 Å². The van der Waals surface area contributed by atoms with Gasteiger partial charge in [0, 0.05) is 94.7 Å². The number of nitrogens with one attached hydrogen (secondary N) is 3. The van der Waals surface area contributed by atoms with Gasteiger partial charge in [0.2, 0.25) is 17.8 Å². The highest BCUT2D eigenvalue weighted by Crippen LogP contribution is 2.35. The summed E-state index contributed by atoms with van der Waals surface area (Å²) in [6.45, 7) is 5.63. The van der Waals surface area contributed by atoms with Crippen LogP contribution in [0.25, 0.3) is 11.0 Å². The van der Waals surface area contributed by atoms with Crippen molar-refractivity contribution in [3.63, 3.8) is 0 Å². The van der Waals surface area contributed by atoms with Crippen molar-refractivity contribution in [3.8, 4) is 0 Å². The Bertz CT molecular complexity index is 2200. The van der Waals surface area contributed by atoms with Gasteiger partial charge in [0.15, 0.2) is 0 Å². The van der Waals surface area contributed by atoms with Gasteiger partial charge in [0.25, 0.3) is 11.8 Å². The fraction of sp³-hybridized carbons (Fsp3) is 0.512. The van der Waals surface area contributed by atoms with E-state index in [1.54, 1.807) is 30.1 Å². The van der Waals surface area contributed by atoms with E-state index >= 15 is 0 Å². The van der Waals surface area contributed by atoms with Crippen LogP contribution in [0.3, 0.4) is 0 Å². The molecule has 304 valence electrons. The second kappa shape index (κ2) is 16.0. The predicted molar refractivity (Wildman–Crippen MR) is 221 cm³/mol. The van der Waals surface area contributed by atoms with Gasteiger partial charge in [0.1, 0.15) is 23.2 Å². The molecule has 3 saturated heterocycles. The molecule has 0 bridgehead atoms. The Balaban J connectivity index is 0.736. The van der Waals surface area contributed by atoms with Crippen molar-refractivity contribution >= 4 is 57.8 Å². The molecule has 4 amide bonds. The highest BCUT2D eigenvalue weighted by atomic mass is 16.2. The Morgan fingerprint density at radius 3 is 2.41 bits per heavy atom. The predicted octanol–water partition coefficient (Wildman–Crippen LogP) is 4.94. The SMILES string of the molecule is CN(C)C(=O)c1cc2cnc(Nc3ccc(N4CCC(CN5CCC(Nc6ccc7c(c6)CN(C6CCC(=O)NC6=O)C7=O)CC5)CC4)cn3)nc2n1C1CCCC1. The maximum Gasteiger partial charge on any atom is 0.270 e. The van der Waals surface area contributed by atoms with E-state index in [9.17, 15) is 19.2 Å². The summed E-state index contributed by atoms with van der Waals surface area (Å²) in [5, 5.41) is 10.2. The summed E-state index contributed by atoms with van der Waals surface area (Å²) < 4.78 is 2.13. The number of fused-ring (bicyclic) bond motifs is 2. The minimum atomic E-state index is -0.598. The van der Waals surface area contributed by atoms with Crippen LogP contribution in [0.1, 0.15) is 96.7 Å². The van der Waals surface area contributed by atoms with Crippen molar-refractivity contribution in [3.05, 3.63) is 65.6 Å². The van der Waals surface area contributed by atoms with E-state index in [2.05, 4.69) is 47.4 Å². The highest BCUT2D eigenvalue weighted by molar-refractivity contribution is 6.05. The first kappa shape index (κ1) is 38.0. The number of benzene rings is 1. The summed E-state index contributed by atoms with van der Waals surface area (Å²) in [5.74, 6) is 0.998. The average molecular weight is 788 g/mol. The monoisotopic (exact) mass is 787 g/mol. The fourth-order valence-electron chi connectivity index (χ4n) is 9.65. The quantitative estimate of drug-likeness (QED) is 0.187. The first-order valence-corrected chi connectivity index (χ1v) is 21.0. The highest BCUT2D eigenvalue weighted by Gasteiger charge is 2.39. The van der Waals surface area contributed by atoms with Crippen LogP contribution < -0.4 is 20.9 Å². The zero-order valence-electron chi connectivity index (χ0n) is 33.5. The van der Waals surface area contributed by atoms with Crippen molar-refractivity contribution in [2.45, 2.75) is 88.9 Å². The number of amides is 4. The Kier molecular flexibility index (Phi) is 10.5. The maximum atomic E-state index is 13.1. The van der Waals surface area contributed by atoms with Crippen molar-refractivity contribution in [1.82, 2.24) is 39.5 Å². The lowest BCUT2D eigenvalue weighted by Crippen LogP contribution is -2.52. The summed E-state index contributed by atoms with van der Waals surface area (Å²) in [4.78, 5) is 72.7. The number of hydrogen-bond acceptors (Lipinski definition) is 11. The van der Waals surface area contributed by atoms with Crippen LogP contribution in [0.2, 0.25) is 0 Å². The molecule has 9 rings (SSSR count). The van der Waals surface area contributed by atoms with Gasteiger partial charge < -0.3 is 34.8 Å². The average Bonchev–Trinajstić information content (AvgIpc) is 3.97. The normalized spacial score (nSPS) is 21.1. The third-order valence-corrected chi connectivity index (χ3v) is 12.9. The molecule has 7 heterocycles. The first-order valence-electron chi connectivity index (χ1n) is 21.0. The Morgan fingerprint density at radius 1 is 0.897 bits per heavy atom. The van der Waals surface area contributed by atoms with Crippen molar-refractivity contribution in [2.24, 2.45) is 5.92 Å². The maximum absolute atomic E-state index is 13.1. The van der Waals surface area contributed by atoms with Crippen LogP contribution >= 0.6 is 0 Å². The molecule has 15 nitrogen and oxygen atoms in total. The molecule has 0 radical (unpaired) electrons. The zero-order chi connectivity index (χ0) is 39.9. The molecular formula is C43H53N11O4. The first-order chi connectivity index (χ1) is 28.2. The minimum Gasteiger partial charge on any atom is -0.382 e. The zero-order valence-corrected chi connectivity index (χ0v) is 33.5. The Hall–Kier alpha value is -5.57. The molecule has 3 aromatic heterocycles. The standard InChI is InChI=1S/C43H53N11O4/c1-50(2)42(58)36-22-28-23-45-43(49-39(28)54(36)32-5-3-4-6-32)47-37-11-8-33(24-44-37)52-19-13-27(14-20-52)25-51-17-15-30(16-18-51)46-31-7-9-34-29(21-31)26-53(41(34)57)35-10-12-38(55)48-40(35)56/h7-9,11,21-24,27,30,32,35,46H,3-6,10,12-20,25-26H2,1-2H3,(H,48,55,56)(H,44,45,47,49). The number of pyridine rings is 1. The molecule has 4 fully saturated rings. The van der Waals surface area contributed by atoms with Crippen molar-refractivity contribution in [1.29, 1.82) is 0 Å². The number of imide groups is 1. The molecule has 4 aliphatic heterocycles. The lowest BCUT2D eigenvalue weighted by molar-refractivity contribution is -0.136. The summed E-state index contributed by atoms with van der Waals surface area (Å²) >= 11 is 0. The number of anilines is 4. The number of carbonyl (C=O) groups excluding carboxylic acids is 4. The molecule has 1 saturated carbocycles. The molecule has 4 aromatic rings. The molecule has 1 aromatic carbocycles. The van der Waals surface area contributed by atoms with Gasteiger partial charge in [-0.05, 0) is 92.8 Å². The second-order valence-electron chi connectivity index (χ2n) is 17.0. The number of carbonyl (C=O) groups is 4. The molecule has 58 heavy (non-hydrogen) atoms. The molecule has 1 unspecified atom stereocenters. The molecule has 0 spiro atoms. The topological polar surface area (TPSA) is 161 Å².